The van der Waals surface area contributed by atoms with E-state index in [2.05, 4.69) is 21.3 Å². The molecule has 50 heavy (non-hydrogen) atoms. The molecule has 0 saturated carbocycles. The molecule has 0 radical (unpaired) electrons. The molecule has 5 aromatic rings. The molecule has 0 fully saturated rings. The third kappa shape index (κ3) is 9.52. The predicted molar refractivity (Wildman–Crippen MR) is 194 cm³/mol. The SMILES string of the molecule is CC(=O)Nc1ccc(NC(=O)C(Sc2cccc(NC(=O)/C(=C\c3ccccc3[N+](=O)[O-])NC(=O)c3ccccc3)c2)c2ccccc2)cc1. The van der Waals surface area contributed by atoms with E-state index in [-0.39, 0.29) is 28.8 Å². The zero-order valence-electron chi connectivity index (χ0n) is 26.7. The minimum Gasteiger partial charge on any atom is -0.326 e. The van der Waals surface area contributed by atoms with E-state index in [0.717, 1.165) is 5.56 Å². The van der Waals surface area contributed by atoms with Gasteiger partial charge in [0.25, 0.3) is 17.5 Å². The van der Waals surface area contributed by atoms with Gasteiger partial charge in [0.05, 0.1) is 10.5 Å². The van der Waals surface area contributed by atoms with Crippen LogP contribution in [0.15, 0.2) is 144 Å². The van der Waals surface area contributed by atoms with Crippen molar-refractivity contribution in [1.82, 2.24) is 5.32 Å². The van der Waals surface area contributed by atoms with Crippen LogP contribution in [0.5, 0.6) is 0 Å². The molecule has 1 atom stereocenters. The molecule has 0 heterocycles. The van der Waals surface area contributed by atoms with Crippen LogP contribution in [0.1, 0.15) is 33.7 Å². The van der Waals surface area contributed by atoms with E-state index in [0.29, 0.717) is 27.5 Å². The maximum atomic E-state index is 13.7. The number of amides is 4. The quantitative estimate of drug-likeness (QED) is 0.0460. The van der Waals surface area contributed by atoms with Crippen molar-refractivity contribution >= 4 is 64.2 Å². The molecular formula is C38H31N5O6S. The van der Waals surface area contributed by atoms with Crippen LogP contribution in [0.25, 0.3) is 6.08 Å². The molecule has 0 aliphatic rings. The molecule has 4 amide bonds. The van der Waals surface area contributed by atoms with Crippen LogP contribution in [-0.2, 0) is 14.4 Å². The number of anilines is 3. The van der Waals surface area contributed by atoms with E-state index < -0.39 is 22.0 Å². The highest BCUT2D eigenvalue weighted by Gasteiger charge is 2.23. The molecule has 11 nitrogen and oxygen atoms in total. The highest BCUT2D eigenvalue weighted by molar-refractivity contribution is 8.00. The highest BCUT2D eigenvalue weighted by atomic mass is 32.2. The van der Waals surface area contributed by atoms with Crippen molar-refractivity contribution in [3.05, 3.63) is 166 Å². The molecule has 0 aromatic heterocycles. The van der Waals surface area contributed by atoms with Crippen LogP contribution >= 0.6 is 11.8 Å². The molecule has 0 spiro atoms. The first kappa shape index (κ1) is 34.8. The summed E-state index contributed by atoms with van der Waals surface area (Å²) < 4.78 is 0. The first-order chi connectivity index (χ1) is 24.2. The molecule has 1 unspecified atom stereocenters. The summed E-state index contributed by atoms with van der Waals surface area (Å²) in [6.45, 7) is 1.41. The molecule has 0 aliphatic heterocycles. The minimum atomic E-state index is -0.713. The summed E-state index contributed by atoms with van der Waals surface area (Å²) in [5, 5.41) is 22.0. The minimum absolute atomic E-state index is 0.127. The topological polar surface area (TPSA) is 160 Å². The van der Waals surface area contributed by atoms with Crippen LogP contribution in [0.2, 0.25) is 0 Å². The number of thioether (sulfide) groups is 1. The van der Waals surface area contributed by atoms with Crippen molar-refractivity contribution in [3.8, 4) is 0 Å². The monoisotopic (exact) mass is 685 g/mol. The van der Waals surface area contributed by atoms with Crippen LogP contribution in [0.3, 0.4) is 0 Å². The Balaban J connectivity index is 1.38. The van der Waals surface area contributed by atoms with Crippen LogP contribution < -0.4 is 21.3 Å². The number of hydrogen-bond donors (Lipinski definition) is 4. The number of carbonyl (C=O) groups is 4. The Morgan fingerprint density at radius 1 is 0.700 bits per heavy atom. The number of nitrogens with zero attached hydrogens (tertiary/aromatic N) is 1. The van der Waals surface area contributed by atoms with E-state index in [9.17, 15) is 29.3 Å². The molecule has 12 heteroatoms. The third-order valence-electron chi connectivity index (χ3n) is 7.12. The van der Waals surface area contributed by atoms with Crippen molar-refractivity contribution in [2.24, 2.45) is 0 Å². The van der Waals surface area contributed by atoms with Crippen molar-refractivity contribution < 1.29 is 24.1 Å². The van der Waals surface area contributed by atoms with Gasteiger partial charge in [-0.1, -0.05) is 66.7 Å². The number of nitro benzene ring substituents is 1. The van der Waals surface area contributed by atoms with Crippen molar-refractivity contribution in [1.29, 1.82) is 0 Å². The average molecular weight is 686 g/mol. The second-order valence-electron chi connectivity index (χ2n) is 10.8. The van der Waals surface area contributed by atoms with Gasteiger partial charge in [-0.25, -0.2) is 0 Å². The van der Waals surface area contributed by atoms with Gasteiger partial charge in [0.1, 0.15) is 10.9 Å². The lowest BCUT2D eigenvalue weighted by Gasteiger charge is -2.18. The van der Waals surface area contributed by atoms with E-state index >= 15 is 0 Å². The van der Waals surface area contributed by atoms with Gasteiger partial charge in [-0.05, 0) is 72.3 Å². The van der Waals surface area contributed by atoms with Crippen LogP contribution in [-0.4, -0.2) is 28.6 Å². The fourth-order valence-corrected chi connectivity index (χ4v) is 5.89. The average Bonchev–Trinajstić information content (AvgIpc) is 3.12. The van der Waals surface area contributed by atoms with Crippen molar-refractivity contribution in [3.63, 3.8) is 0 Å². The molecular weight excluding hydrogens is 655 g/mol. The maximum absolute atomic E-state index is 13.7. The summed E-state index contributed by atoms with van der Waals surface area (Å²) in [6.07, 6.45) is 1.26. The van der Waals surface area contributed by atoms with Gasteiger partial charge in [0, 0.05) is 40.5 Å². The predicted octanol–water partition coefficient (Wildman–Crippen LogP) is 7.43. The summed E-state index contributed by atoms with van der Waals surface area (Å²) in [5.41, 5.74) is 2.23. The normalized spacial score (nSPS) is 11.5. The maximum Gasteiger partial charge on any atom is 0.276 e. The number of benzene rings is 5. The van der Waals surface area contributed by atoms with Gasteiger partial charge in [-0.15, -0.1) is 11.8 Å². The largest absolute Gasteiger partial charge is 0.326 e. The van der Waals surface area contributed by atoms with E-state index in [1.807, 2.05) is 30.3 Å². The van der Waals surface area contributed by atoms with Crippen molar-refractivity contribution in [2.75, 3.05) is 16.0 Å². The lowest BCUT2D eigenvalue weighted by atomic mass is 10.1. The van der Waals surface area contributed by atoms with Crippen LogP contribution in [0.4, 0.5) is 22.7 Å². The van der Waals surface area contributed by atoms with Gasteiger partial charge in [0.15, 0.2) is 0 Å². The van der Waals surface area contributed by atoms with Gasteiger partial charge in [0.2, 0.25) is 11.8 Å². The zero-order valence-corrected chi connectivity index (χ0v) is 27.5. The molecule has 0 aliphatic carbocycles. The molecule has 5 aromatic carbocycles. The molecule has 250 valence electrons. The summed E-state index contributed by atoms with van der Waals surface area (Å²) in [4.78, 5) is 63.5. The van der Waals surface area contributed by atoms with Crippen LogP contribution in [0, 0.1) is 10.1 Å². The van der Waals surface area contributed by atoms with Gasteiger partial charge in [-0.3, -0.25) is 29.3 Å². The van der Waals surface area contributed by atoms with E-state index in [4.69, 9.17) is 0 Å². The molecule has 4 N–H and O–H groups in total. The molecule has 0 bridgehead atoms. The Bertz CT molecular complexity index is 2050. The number of carbonyl (C=O) groups excluding carboxylic acids is 4. The Hall–Kier alpha value is -6.53. The zero-order chi connectivity index (χ0) is 35.5. The van der Waals surface area contributed by atoms with E-state index in [1.165, 1.54) is 43.0 Å². The second-order valence-corrected chi connectivity index (χ2v) is 12.0. The van der Waals surface area contributed by atoms with Gasteiger partial charge in [-0.2, -0.15) is 0 Å². The number of hydrogen-bond acceptors (Lipinski definition) is 7. The lowest BCUT2D eigenvalue weighted by Crippen LogP contribution is -2.30. The Morgan fingerprint density at radius 2 is 1.32 bits per heavy atom. The number of nitrogens with one attached hydrogen (secondary N) is 4. The molecule has 5 rings (SSSR count). The third-order valence-corrected chi connectivity index (χ3v) is 8.37. The Kier molecular flexibility index (Phi) is 11.5. The summed E-state index contributed by atoms with van der Waals surface area (Å²) in [5.74, 6) is -1.78. The van der Waals surface area contributed by atoms with Crippen molar-refractivity contribution in [2.45, 2.75) is 17.1 Å². The van der Waals surface area contributed by atoms with Gasteiger partial charge >= 0.3 is 0 Å². The number of para-hydroxylation sites is 1. The first-order valence-corrected chi connectivity index (χ1v) is 16.2. The Morgan fingerprint density at radius 3 is 1.98 bits per heavy atom. The highest BCUT2D eigenvalue weighted by Crippen LogP contribution is 2.37. The number of rotatable bonds is 12. The second kappa shape index (κ2) is 16.5. The lowest BCUT2D eigenvalue weighted by molar-refractivity contribution is -0.385. The van der Waals surface area contributed by atoms with E-state index in [1.54, 1.807) is 84.9 Å². The summed E-state index contributed by atoms with van der Waals surface area (Å²) in [7, 11) is 0. The fourth-order valence-electron chi connectivity index (χ4n) is 4.80. The number of nitro groups is 1. The Labute approximate surface area is 292 Å². The summed E-state index contributed by atoms with van der Waals surface area (Å²) in [6, 6.07) is 37.0. The fraction of sp³-hybridized carbons (Fsp3) is 0.0526. The summed E-state index contributed by atoms with van der Waals surface area (Å²) >= 11 is 1.27. The smallest absolute Gasteiger partial charge is 0.276 e. The first-order valence-electron chi connectivity index (χ1n) is 15.3. The standard InChI is InChI=1S/C38H31N5O6S/c1-25(44)39-29-19-21-30(22-20-29)40-38(47)35(26-11-4-2-5-12-26)50-32-17-10-16-31(24-32)41-37(46)33(42-36(45)27-13-6-3-7-14-27)23-28-15-8-9-18-34(28)43(48)49/h2-24,35H,1H3,(H,39,44)(H,40,47)(H,41,46)(H,42,45)/b33-23+. The molecule has 0 saturated heterocycles. The van der Waals surface area contributed by atoms with Gasteiger partial charge < -0.3 is 21.3 Å².